The molecule has 18 heavy (non-hydrogen) atoms. The molecule has 90 valence electrons. The highest BCUT2D eigenvalue weighted by atomic mass is 35.5. The highest BCUT2D eigenvalue weighted by molar-refractivity contribution is 6.30. The Labute approximate surface area is 112 Å². The molecule has 0 aliphatic rings. The Kier molecular flexibility index (Phi) is 3.55. The van der Waals surface area contributed by atoms with Crippen LogP contribution in [0.5, 0.6) is 0 Å². The van der Waals surface area contributed by atoms with Crippen molar-refractivity contribution in [2.24, 2.45) is 0 Å². The average Bonchev–Trinajstić information content (AvgIpc) is 2.36. The number of anilines is 2. The number of rotatable bonds is 2. The van der Waals surface area contributed by atoms with Gasteiger partial charge in [-0.15, -0.1) is 0 Å². The highest BCUT2D eigenvalue weighted by Gasteiger charge is 2.04. The van der Waals surface area contributed by atoms with E-state index < -0.39 is 0 Å². The van der Waals surface area contributed by atoms with Crippen molar-refractivity contribution in [2.45, 2.75) is 13.8 Å². The number of halogens is 1. The van der Waals surface area contributed by atoms with Gasteiger partial charge < -0.3 is 5.32 Å². The maximum atomic E-state index is 9.07. The summed E-state index contributed by atoms with van der Waals surface area (Å²) < 4.78 is 0. The zero-order valence-electron chi connectivity index (χ0n) is 10.3. The lowest BCUT2D eigenvalue weighted by Gasteiger charge is -2.10. The molecule has 1 N–H and O–H groups in total. The molecule has 2 aromatic rings. The van der Waals surface area contributed by atoms with Crippen molar-refractivity contribution >= 4 is 23.0 Å². The minimum absolute atomic E-state index is 0.542. The Morgan fingerprint density at radius 2 is 1.83 bits per heavy atom. The van der Waals surface area contributed by atoms with E-state index in [4.69, 9.17) is 16.9 Å². The first-order valence-corrected chi connectivity index (χ1v) is 6.02. The molecule has 2 nitrogen and oxygen atoms in total. The average molecular weight is 257 g/mol. The van der Waals surface area contributed by atoms with Crippen molar-refractivity contribution < 1.29 is 0 Å². The maximum absolute atomic E-state index is 9.07. The van der Waals surface area contributed by atoms with E-state index in [1.54, 1.807) is 12.1 Å². The van der Waals surface area contributed by atoms with Gasteiger partial charge in [0.25, 0.3) is 0 Å². The zero-order valence-corrected chi connectivity index (χ0v) is 11.0. The molecule has 0 bridgehead atoms. The van der Waals surface area contributed by atoms with Gasteiger partial charge in [0, 0.05) is 10.7 Å². The normalized spacial score (nSPS) is 9.89. The molecule has 0 atom stereocenters. The molecule has 0 unspecified atom stereocenters. The molecular weight excluding hydrogens is 244 g/mol. The Hall–Kier alpha value is -1.98. The first kappa shape index (κ1) is 12.5. The first-order chi connectivity index (χ1) is 8.60. The third-order valence-electron chi connectivity index (χ3n) is 2.89. The molecule has 0 fully saturated rings. The highest BCUT2D eigenvalue weighted by Crippen LogP contribution is 2.24. The fourth-order valence-electron chi connectivity index (χ4n) is 1.69. The lowest BCUT2D eigenvalue weighted by Crippen LogP contribution is -1.94. The zero-order chi connectivity index (χ0) is 13.1. The SMILES string of the molecule is Cc1ccc(Nc2ccc(Cl)cc2C#N)cc1C. The van der Waals surface area contributed by atoms with Crippen molar-refractivity contribution in [1.82, 2.24) is 0 Å². The second-order valence-corrected chi connectivity index (χ2v) is 4.66. The van der Waals surface area contributed by atoms with Crippen molar-refractivity contribution in [3.05, 3.63) is 58.1 Å². The summed E-state index contributed by atoms with van der Waals surface area (Å²) >= 11 is 5.87. The van der Waals surface area contributed by atoms with E-state index in [2.05, 4.69) is 37.4 Å². The van der Waals surface area contributed by atoms with E-state index in [0.29, 0.717) is 10.6 Å². The fraction of sp³-hybridized carbons (Fsp3) is 0.133. The maximum Gasteiger partial charge on any atom is 0.101 e. The minimum atomic E-state index is 0.542. The number of benzene rings is 2. The van der Waals surface area contributed by atoms with E-state index in [1.165, 1.54) is 11.1 Å². The second kappa shape index (κ2) is 5.12. The molecule has 3 heteroatoms. The summed E-state index contributed by atoms with van der Waals surface area (Å²) in [6, 6.07) is 13.5. The van der Waals surface area contributed by atoms with E-state index >= 15 is 0 Å². The molecule has 0 amide bonds. The van der Waals surface area contributed by atoms with Crippen LogP contribution in [-0.4, -0.2) is 0 Å². The number of hydrogen-bond acceptors (Lipinski definition) is 2. The first-order valence-electron chi connectivity index (χ1n) is 5.64. The monoisotopic (exact) mass is 256 g/mol. The topological polar surface area (TPSA) is 35.8 Å². The van der Waals surface area contributed by atoms with Gasteiger partial charge in [-0.2, -0.15) is 5.26 Å². The van der Waals surface area contributed by atoms with Crippen LogP contribution in [0.3, 0.4) is 0 Å². The molecule has 0 aromatic heterocycles. The predicted molar refractivity (Wildman–Crippen MR) is 75.4 cm³/mol. The van der Waals surface area contributed by atoms with Crippen LogP contribution in [0.2, 0.25) is 5.02 Å². The van der Waals surface area contributed by atoms with Gasteiger partial charge in [0.2, 0.25) is 0 Å². The third-order valence-corrected chi connectivity index (χ3v) is 3.12. The van der Waals surface area contributed by atoms with Gasteiger partial charge in [-0.25, -0.2) is 0 Å². The third kappa shape index (κ3) is 2.64. The van der Waals surface area contributed by atoms with Gasteiger partial charge in [0.1, 0.15) is 6.07 Å². The quantitative estimate of drug-likeness (QED) is 0.854. The summed E-state index contributed by atoms with van der Waals surface area (Å²) in [6.45, 7) is 4.13. The second-order valence-electron chi connectivity index (χ2n) is 4.23. The molecule has 2 aromatic carbocycles. The van der Waals surface area contributed by atoms with Crippen molar-refractivity contribution in [3.63, 3.8) is 0 Å². The molecule has 0 radical (unpaired) electrons. The van der Waals surface area contributed by atoms with Gasteiger partial charge >= 0.3 is 0 Å². The largest absolute Gasteiger partial charge is 0.354 e. The van der Waals surface area contributed by atoms with Crippen LogP contribution >= 0.6 is 11.6 Å². The number of nitriles is 1. The van der Waals surface area contributed by atoms with Crippen LogP contribution in [0.15, 0.2) is 36.4 Å². The summed E-state index contributed by atoms with van der Waals surface area (Å²) in [5, 5.41) is 12.9. The molecule has 0 saturated carbocycles. The van der Waals surface area contributed by atoms with Crippen LogP contribution < -0.4 is 5.32 Å². The van der Waals surface area contributed by atoms with Crippen molar-refractivity contribution in [2.75, 3.05) is 5.32 Å². The summed E-state index contributed by atoms with van der Waals surface area (Å²) in [7, 11) is 0. The van der Waals surface area contributed by atoms with Crippen LogP contribution in [0.4, 0.5) is 11.4 Å². The van der Waals surface area contributed by atoms with Gasteiger partial charge in [-0.3, -0.25) is 0 Å². The Morgan fingerprint density at radius 1 is 1.06 bits per heavy atom. The van der Waals surface area contributed by atoms with Crippen LogP contribution in [0.25, 0.3) is 0 Å². The lowest BCUT2D eigenvalue weighted by molar-refractivity contribution is 1.33. The smallest absolute Gasteiger partial charge is 0.101 e. The molecule has 0 aliphatic heterocycles. The summed E-state index contributed by atoms with van der Waals surface area (Å²) in [5.74, 6) is 0. The Bertz CT molecular complexity index is 627. The van der Waals surface area contributed by atoms with E-state index in [-0.39, 0.29) is 0 Å². The standard InChI is InChI=1S/C15H13ClN2/c1-10-3-5-14(7-11(10)2)18-15-6-4-13(16)8-12(15)9-17/h3-8,18H,1-2H3. The molecule has 0 spiro atoms. The summed E-state index contributed by atoms with van der Waals surface area (Å²) in [6.07, 6.45) is 0. The Balaban J connectivity index is 2.34. The Morgan fingerprint density at radius 3 is 2.50 bits per heavy atom. The molecule has 0 aliphatic carbocycles. The molecule has 2 rings (SSSR count). The number of aryl methyl sites for hydroxylation is 2. The van der Waals surface area contributed by atoms with Crippen molar-refractivity contribution in [1.29, 1.82) is 5.26 Å². The number of nitrogens with one attached hydrogen (secondary N) is 1. The molecular formula is C15H13ClN2. The number of nitrogens with zero attached hydrogens (tertiary/aromatic N) is 1. The lowest BCUT2D eigenvalue weighted by atomic mass is 10.1. The van der Waals surface area contributed by atoms with Gasteiger partial charge in [-0.05, 0) is 55.3 Å². The van der Waals surface area contributed by atoms with Crippen molar-refractivity contribution in [3.8, 4) is 6.07 Å². The minimum Gasteiger partial charge on any atom is -0.354 e. The van der Waals surface area contributed by atoms with Gasteiger partial charge in [-0.1, -0.05) is 17.7 Å². The number of hydrogen-bond donors (Lipinski definition) is 1. The molecule has 0 heterocycles. The predicted octanol–water partition coefficient (Wildman–Crippen LogP) is 4.57. The summed E-state index contributed by atoms with van der Waals surface area (Å²) in [4.78, 5) is 0. The van der Waals surface area contributed by atoms with E-state index in [9.17, 15) is 0 Å². The van der Waals surface area contributed by atoms with E-state index in [1.807, 2.05) is 12.1 Å². The van der Waals surface area contributed by atoms with E-state index in [0.717, 1.165) is 11.4 Å². The van der Waals surface area contributed by atoms with Gasteiger partial charge in [0.15, 0.2) is 0 Å². The van der Waals surface area contributed by atoms with Crippen LogP contribution in [0, 0.1) is 25.2 Å². The van der Waals surface area contributed by atoms with Crippen LogP contribution in [-0.2, 0) is 0 Å². The van der Waals surface area contributed by atoms with Gasteiger partial charge in [0.05, 0.1) is 11.3 Å². The summed E-state index contributed by atoms with van der Waals surface area (Å²) in [5.41, 5.74) is 4.74. The fourth-order valence-corrected chi connectivity index (χ4v) is 1.86. The molecule has 0 saturated heterocycles. The van der Waals surface area contributed by atoms with Crippen LogP contribution in [0.1, 0.15) is 16.7 Å².